The second kappa shape index (κ2) is 6.42. The topological polar surface area (TPSA) is 28.4 Å². The van der Waals surface area contributed by atoms with Gasteiger partial charge in [-0.2, -0.15) is 0 Å². The van der Waals surface area contributed by atoms with Gasteiger partial charge in [-0.05, 0) is 19.7 Å². The van der Waals surface area contributed by atoms with Crippen LogP contribution in [-0.2, 0) is 13.1 Å². The first-order chi connectivity index (χ1) is 9.30. The first-order valence-electron chi connectivity index (χ1n) is 6.59. The third-order valence-corrected chi connectivity index (χ3v) is 3.26. The van der Waals surface area contributed by atoms with Crippen LogP contribution in [0.3, 0.4) is 0 Å². The summed E-state index contributed by atoms with van der Waals surface area (Å²) >= 11 is 0. The molecule has 0 saturated carbocycles. The summed E-state index contributed by atoms with van der Waals surface area (Å²) in [7, 11) is 1.95. The van der Waals surface area contributed by atoms with Crippen molar-refractivity contribution in [1.82, 2.24) is 10.2 Å². The molecule has 0 unspecified atom stereocenters. The van der Waals surface area contributed by atoms with Crippen LogP contribution < -0.4 is 5.32 Å². The smallest absolute Gasteiger partial charge is 0.134 e. The van der Waals surface area contributed by atoms with E-state index < -0.39 is 0 Å². The number of para-hydroxylation sites is 1. The number of terminal acetylenes is 1. The minimum Gasteiger partial charge on any atom is -0.459 e. The average molecular weight is 256 g/mol. The minimum absolute atomic E-state index is 0.645. The zero-order valence-corrected chi connectivity index (χ0v) is 11.6. The van der Waals surface area contributed by atoms with Crippen LogP contribution in [0.4, 0.5) is 0 Å². The van der Waals surface area contributed by atoms with Crippen LogP contribution in [-0.4, -0.2) is 25.0 Å². The quantitative estimate of drug-likeness (QED) is 0.805. The Bertz CT molecular complexity index is 580. The molecule has 1 N–H and O–H groups in total. The van der Waals surface area contributed by atoms with Crippen LogP contribution >= 0.6 is 0 Å². The lowest BCUT2D eigenvalue weighted by molar-refractivity contribution is 0.287. The molecule has 0 spiro atoms. The van der Waals surface area contributed by atoms with Gasteiger partial charge in [-0.25, -0.2) is 0 Å². The summed E-state index contributed by atoms with van der Waals surface area (Å²) in [5.41, 5.74) is 2.17. The number of furan rings is 1. The highest BCUT2D eigenvalue weighted by Crippen LogP contribution is 2.26. The molecule has 1 aromatic heterocycles. The Morgan fingerprint density at radius 2 is 2.16 bits per heavy atom. The van der Waals surface area contributed by atoms with Gasteiger partial charge in [0.1, 0.15) is 11.3 Å². The number of fused-ring (bicyclic) bond motifs is 1. The van der Waals surface area contributed by atoms with Gasteiger partial charge in [0.2, 0.25) is 0 Å². The number of nitrogens with one attached hydrogen (secondary N) is 1. The van der Waals surface area contributed by atoms with Gasteiger partial charge >= 0.3 is 0 Å². The molecule has 0 radical (unpaired) electrons. The van der Waals surface area contributed by atoms with Crippen LogP contribution in [0.1, 0.15) is 18.2 Å². The van der Waals surface area contributed by atoms with Crippen molar-refractivity contribution in [3.8, 4) is 12.3 Å². The van der Waals surface area contributed by atoms with Gasteiger partial charge in [0.25, 0.3) is 0 Å². The maximum atomic E-state index is 5.98. The normalized spacial score (nSPS) is 11.1. The molecule has 100 valence electrons. The summed E-state index contributed by atoms with van der Waals surface area (Å²) in [6.07, 6.45) is 5.40. The van der Waals surface area contributed by atoms with Gasteiger partial charge in [0.05, 0.1) is 13.1 Å². The Morgan fingerprint density at radius 3 is 2.84 bits per heavy atom. The highest BCUT2D eigenvalue weighted by atomic mass is 16.3. The molecule has 1 heterocycles. The molecule has 0 aliphatic carbocycles. The van der Waals surface area contributed by atoms with E-state index in [-0.39, 0.29) is 0 Å². The lowest BCUT2D eigenvalue weighted by atomic mass is 10.1. The molecule has 3 heteroatoms. The van der Waals surface area contributed by atoms with Crippen molar-refractivity contribution in [2.24, 2.45) is 0 Å². The lowest BCUT2D eigenvalue weighted by Crippen LogP contribution is -2.23. The van der Waals surface area contributed by atoms with Gasteiger partial charge in [0.15, 0.2) is 0 Å². The summed E-state index contributed by atoms with van der Waals surface area (Å²) in [6.45, 7) is 5.23. The highest BCUT2D eigenvalue weighted by molar-refractivity contribution is 5.82. The Balaban J connectivity index is 2.35. The van der Waals surface area contributed by atoms with E-state index in [1.165, 1.54) is 10.9 Å². The second-order valence-electron chi connectivity index (χ2n) is 4.54. The van der Waals surface area contributed by atoms with Crippen molar-refractivity contribution >= 4 is 11.0 Å². The first-order valence-corrected chi connectivity index (χ1v) is 6.59. The monoisotopic (exact) mass is 256 g/mol. The van der Waals surface area contributed by atoms with Crippen molar-refractivity contribution in [1.29, 1.82) is 0 Å². The van der Waals surface area contributed by atoms with Crippen molar-refractivity contribution in [2.75, 3.05) is 20.1 Å². The fourth-order valence-electron chi connectivity index (χ4n) is 2.26. The minimum atomic E-state index is 0.645. The Kier molecular flexibility index (Phi) is 4.62. The largest absolute Gasteiger partial charge is 0.459 e. The van der Waals surface area contributed by atoms with Crippen molar-refractivity contribution in [2.45, 2.75) is 20.0 Å². The molecule has 3 nitrogen and oxygen atoms in total. The van der Waals surface area contributed by atoms with Gasteiger partial charge in [0, 0.05) is 17.5 Å². The molecule has 2 rings (SSSR count). The molecule has 0 aliphatic rings. The van der Waals surface area contributed by atoms with Crippen molar-refractivity contribution in [3.05, 3.63) is 35.6 Å². The fourth-order valence-corrected chi connectivity index (χ4v) is 2.26. The number of hydrogen-bond acceptors (Lipinski definition) is 3. The Labute approximate surface area is 114 Å². The van der Waals surface area contributed by atoms with E-state index in [4.69, 9.17) is 10.8 Å². The molecular weight excluding hydrogens is 236 g/mol. The van der Waals surface area contributed by atoms with Gasteiger partial charge in [-0.3, -0.25) is 4.90 Å². The summed E-state index contributed by atoms with van der Waals surface area (Å²) < 4.78 is 5.98. The highest BCUT2D eigenvalue weighted by Gasteiger charge is 2.15. The average Bonchev–Trinajstić information content (AvgIpc) is 2.77. The summed E-state index contributed by atoms with van der Waals surface area (Å²) in [5.74, 6) is 3.70. The van der Waals surface area contributed by atoms with Crippen molar-refractivity contribution < 1.29 is 4.42 Å². The van der Waals surface area contributed by atoms with Gasteiger partial charge in [-0.1, -0.05) is 31.0 Å². The Hall–Kier alpha value is -1.76. The maximum Gasteiger partial charge on any atom is 0.134 e. The number of rotatable bonds is 6. The second-order valence-corrected chi connectivity index (χ2v) is 4.54. The zero-order chi connectivity index (χ0) is 13.7. The molecule has 0 aliphatic heterocycles. The van der Waals surface area contributed by atoms with E-state index in [9.17, 15) is 0 Å². The predicted molar refractivity (Wildman–Crippen MR) is 78.8 cm³/mol. The van der Waals surface area contributed by atoms with Crippen LogP contribution in [0, 0.1) is 12.3 Å². The molecule has 1 aromatic carbocycles. The predicted octanol–water partition coefficient (Wildman–Crippen LogP) is 2.61. The van der Waals surface area contributed by atoms with Crippen LogP contribution in [0.2, 0.25) is 0 Å². The van der Waals surface area contributed by atoms with Crippen molar-refractivity contribution in [3.63, 3.8) is 0 Å². The molecule has 0 saturated heterocycles. The van der Waals surface area contributed by atoms with E-state index in [1.54, 1.807) is 0 Å². The molecule has 2 aromatic rings. The SMILES string of the molecule is C#CCN(CC)Cc1oc2ccccc2c1CNC. The number of hydrogen-bond donors (Lipinski definition) is 1. The van der Waals surface area contributed by atoms with Gasteiger partial charge < -0.3 is 9.73 Å². The van der Waals surface area contributed by atoms with Gasteiger partial charge in [-0.15, -0.1) is 6.42 Å². The van der Waals surface area contributed by atoms with Crippen LogP contribution in [0.25, 0.3) is 11.0 Å². The van der Waals surface area contributed by atoms with Crippen LogP contribution in [0.5, 0.6) is 0 Å². The molecule has 0 fully saturated rings. The van der Waals surface area contributed by atoms with E-state index >= 15 is 0 Å². The molecule has 19 heavy (non-hydrogen) atoms. The summed E-state index contributed by atoms with van der Waals surface area (Å²) in [6, 6.07) is 8.15. The standard InChI is InChI=1S/C16H20N2O/c1-4-10-18(5-2)12-16-14(11-17-3)13-8-6-7-9-15(13)19-16/h1,6-9,17H,5,10-12H2,2-3H3. The molecule has 0 amide bonds. The summed E-state index contributed by atoms with van der Waals surface area (Å²) in [4.78, 5) is 2.19. The lowest BCUT2D eigenvalue weighted by Gasteiger charge is -2.16. The van der Waals surface area contributed by atoms with E-state index in [1.807, 2.05) is 25.2 Å². The van der Waals surface area contributed by atoms with E-state index in [0.717, 1.165) is 31.0 Å². The first kappa shape index (κ1) is 13.7. The maximum absolute atomic E-state index is 5.98. The van der Waals surface area contributed by atoms with E-state index in [2.05, 4.69) is 29.1 Å². The zero-order valence-electron chi connectivity index (χ0n) is 11.6. The van der Waals surface area contributed by atoms with E-state index in [0.29, 0.717) is 6.54 Å². The molecule has 0 atom stereocenters. The Morgan fingerprint density at radius 1 is 1.37 bits per heavy atom. The number of nitrogens with zero attached hydrogens (tertiary/aromatic N) is 1. The third kappa shape index (κ3) is 2.98. The molecule has 0 bridgehead atoms. The number of benzene rings is 1. The summed E-state index contributed by atoms with van der Waals surface area (Å²) in [5, 5.41) is 4.39. The third-order valence-electron chi connectivity index (χ3n) is 3.26. The van der Waals surface area contributed by atoms with Crippen LogP contribution in [0.15, 0.2) is 28.7 Å². The molecular formula is C16H20N2O. The fraction of sp³-hybridized carbons (Fsp3) is 0.375.